The maximum atomic E-state index is 12.8. The van der Waals surface area contributed by atoms with Crippen molar-refractivity contribution in [3.8, 4) is 5.75 Å². The fourth-order valence-corrected chi connectivity index (χ4v) is 2.03. The van der Waals surface area contributed by atoms with Crippen LogP contribution in [-0.2, 0) is 13.2 Å². The number of nitrogens with one attached hydrogen (secondary N) is 1. The summed E-state index contributed by atoms with van der Waals surface area (Å²) in [4.78, 5) is 2.15. The lowest BCUT2D eigenvalue weighted by Crippen LogP contribution is -2.26. The van der Waals surface area contributed by atoms with Gasteiger partial charge < -0.3 is 15.0 Å². The van der Waals surface area contributed by atoms with Crippen molar-refractivity contribution in [3.05, 3.63) is 65.5 Å². The van der Waals surface area contributed by atoms with Gasteiger partial charge in [0.25, 0.3) is 0 Å². The van der Waals surface area contributed by atoms with Crippen LogP contribution in [0.25, 0.3) is 0 Å². The molecule has 3 nitrogen and oxygen atoms in total. The van der Waals surface area contributed by atoms with Crippen LogP contribution in [0, 0.1) is 5.82 Å². The Balaban J connectivity index is 0.00000264. The molecule has 0 aliphatic carbocycles. The zero-order valence-electron chi connectivity index (χ0n) is 14.0. The van der Waals surface area contributed by atoms with Crippen LogP contribution < -0.4 is 10.1 Å². The highest BCUT2D eigenvalue weighted by Gasteiger charge is 1.99. The van der Waals surface area contributed by atoms with Gasteiger partial charge in [0.2, 0.25) is 0 Å². The molecule has 0 unspecified atom stereocenters. The lowest BCUT2D eigenvalue weighted by Gasteiger charge is -2.11. The van der Waals surface area contributed by atoms with Crippen molar-refractivity contribution in [2.75, 3.05) is 27.2 Å². The molecular weight excluding hydrogens is 350 g/mol. The highest BCUT2D eigenvalue weighted by molar-refractivity contribution is 5.85. The molecule has 0 aliphatic rings. The Bertz CT molecular complexity index is 579. The summed E-state index contributed by atoms with van der Waals surface area (Å²) in [5, 5.41) is 3.40. The van der Waals surface area contributed by atoms with Crippen LogP contribution in [0.4, 0.5) is 4.39 Å². The third kappa shape index (κ3) is 8.50. The second kappa shape index (κ2) is 12.1. The molecule has 134 valence electrons. The summed E-state index contributed by atoms with van der Waals surface area (Å²) in [6.45, 7) is 3.23. The first-order valence-corrected chi connectivity index (χ1v) is 7.45. The van der Waals surface area contributed by atoms with Gasteiger partial charge >= 0.3 is 0 Å². The van der Waals surface area contributed by atoms with E-state index in [2.05, 4.69) is 30.4 Å². The highest BCUT2D eigenvalue weighted by atomic mass is 35.5. The Morgan fingerprint density at radius 3 is 2.38 bits per heavy atom. The Morgan fingerprint density at radius 1 is 1.00 bits per heavy atom. The molecule has 0 radical (unpaired) electrons. The maximum absolute atomic E-state index is 12.8. The van der Waals surface area contributed by atoms with Crippen LogP contribution >= 0.6 is 24.8 Å². The SMILES string of the molecule is CN(C)CCNCc1cccc(OCc2ccc(F)cc2)c1.Cl.Cl. The number of rotatable bonds is 8. The van der Waals surface area contributed by atoms with Crippen molar-refractivity contribution in [2.24, 2.45) is 0 Å². The molecule has 0 aliphatic heterocycles. The standard InChI is InChI=1S/C18H23FN2O.2ClH/c1-21(2)11-10-20-13-16-4-3-5-18(12-16)22-14-15-6-8-17(19)9-7-15;;/h3-9,12,20H,10-11,13-14H2,1-2H3;2*1H. The second-order valence-corrected chi connectivity index (χ2v) is 5.54. The molecule has 2 rings (SSSR count). The first-order valence-electron chi connectivity index (χ1n) is 7.45. The minimum atomic E-state index is -0.227. The van der Waals surface area contributed by atoms with Gasteiger partial charge in [0.05, 0.1) is 0 Å². The molecule has 2 aromatic rings. The van der Waals surface area contributed by atoms with Crippen LogP contribution in [0.3, 0.4) is 0 Å². The average molecular weight is 375 g/mol. The van der Waals surface area contributed by atoms with Gasteiger partial charge in [0.1, 0.15) is 18.2 Å². The molecule has 1 N–H and O–H groups in total. The Kier molecular flexibility index (Phi) is 11.4. The molecule has 0 atom stereocenters. The number of nitrogens with zero attached hydrogens (tertiary/aromatic N) is 1. The average Bonchev–Trinajstić information content (AvgIpc) is 2.51. The molecule has 0 aromatic heterocycles. The van der Waals surface area contributed by atoms with E-state index in [0.717, 1.165) is 30.9 Å². The van der Waals surface area contributed by atoms with Gasteiger partial charge in [0.15, 0.2) is 0 Å². The van der Waals surface area contributed by atoms with Gasteiger partial charge in [-0.2, -0.15) is 0 Å². The summed E-state index contributed by atoms with van der Waals surface area (Å²) >= 11 is 0. The summed E-state index contributed by atoms with van der Waals surface area (Å²) in [6.07, 6.45) is 0. The Hall–Kier alpha value is -1.33. The maximum Gasteiger partial charge on any atom is 0.123 e. The zero-order valence-corrected chi connectivity index (χ0v) is 15.6. The molecule has 2 aromatic carbocycles. The predicted molar refractivity (Wildman–Crippen MR) is 102 cm³/mol. The number of hydrogen-bond donors (Lipinski definition) is 1. The monoisotopic (exact) mass is 374 g/mol. The molecule has 6 heteroatoms. The van der Waals surface area contributed by atoms with E-state index >= 15 is 0 Å². The van der Waals surface area contributed by atoms with E-state index < -0.39 is 0 Å². The van der Waals surface area contributed by atoms with E-state index in [1.807, 2.05) is 18.2 Å². The summed E-state index contributed by atoms with van der Waals surface area (Å²) in [5.74, 6) is 0.603. The van der Waals surface area contributed by atoms with Crippen molar-refractivity contribution in [1.29, 1.82) is 0 Å². The molecule has 0 fully saturated rings. The van der Waals surface area contributed by atoms with Crippen LogP contribution in [0.15, 0.2) is 48.5 Å². The number of halogens is 3. The van der Waals surface area contributed by atoms with E-state index in [1.165, 1.54) is 17.7 Å². The Labute approximate surface area is 156 Å². The van der Waals surface area contributed by atoms with E-state index in [-0.39, 0.29) is 30.6 Å². The number of hydrogen-bond acceptors (Lipinski definition) is 3. The quantitative estimate of drug-likeness (QED) is 0.709. The number of benzene rings is 2. The molecule has 24 heavy (non-hydrogen) atoms. The van der Waals surface area contributed by atoms with Gasteiger partial charge in [0, 0.05) is 19.6 Å². The zero-order chi connectivity index (χ0) is 15.8. The van der Waals surface area contributed by atoms with Crippen molar-refractivity contribution >= 4 is 24.8 Å². The first kappa shape index (κ1) is 22.7. The molecule has 0 bridgehead atoms. The lowest BCUT2D eigenvalue weighted by atomic mass is 10.2. The third-order valence-corrected chi connectivity index (χ3v) is 3.28. The van der Waals surface area contributed by atoms with Gasteiger partial charge in [-0.25, -0.2) is 4.39 Å². The summed E-state index contributed by atoms with van der Waals surface area (Å²) in [5.41, 5.74) is 2.14. The van der Waals surface area contributed by atoms with Gasteiger partial charge in [-0.1, -0.05) is 24.3 Å². The molecule has 0 amide bonds. The van der Waals surface area contributed by atoms with Crippen LogP contribution in [0.1, 0.15) is 11.1 Å². The molecule has 0 saturated carbocycles. The van der Waals surface area contributed by atoms with Crippen molar-refractivity contribution < 1.29 is 9.13 Å². The van der Waals surface area contributed by atoms with Crippen molar-refractivity contribution in [2.45, 2.75) is 13.2 Å². The van der Waals surface area contributed by atoms with Crippen molar-refractivity contribution in [3.63, 3.8) is 0 Å². The summed E-state index contributed by atoms with van der Waals surface area (Å²) in [6, 6.07) is 14.4. The Morgan fingerprint density at radius 2 is 1.71 bits per heavy atom. The topological polar surface area (TPSA) is 24.5 Å². The molecule has 0 spiro atoms. The largest absolute Gasteiger partial charge is 0.489 e. The fourth-order valence-electron chi connectivity index (χ4n) is 2.03. The minimum Gasteiger partial charge on any atom is -0.489 e. The van der Waals surface area contributed by atoms with Crippen molar-refractivity contribution in [1.82, 2.24) is 10.2 Å². The minimum absolute atomic E-state index is 0. The van der Waals surface area contributed by atoms with E-state index in [1.54, 1.807) is 12.1 Å². The van der Waals surface area contributed by atoms with Crippen LogP contribution in [0.5, 0.6) is 5.75 Å². The van der Waals surface area contributed by atoms with Gasteiger partial charge in [-0.05, 0) is 49.5 Å². The highest BCUT2D eigenvalue weighted by Crippen LogP contribution is 2.15. The molecular formula is C18H25Cl2FN2O. The summed E-state index contributed by atoms with van der Waals surface area (Å²) < 4.78 is 18.6. The first-order chi connectivity index (χ1) is 10.6. The van der Waals surface area contributed by atoms with Crippen LogP contribution in [0.2, 0.25) is 0 Å². The summed E-state index contributed by atoms with van der Waals surface area (Å²) in [7, 11) is 4.12. The smallest absolute Gasteiger partial charge is 0.123 e. The molecule has 0 heterocycles. The van der Waals surface area contributed by atoms with Gasteiger partial charge in [-0.15, -0.1) is 24.8 Å². The van der Waals surface area contributed by atoms with E-state index in [0.29, 0.717) is 6.61 Å². The predicted octanol–water partition coefficient (Wildman–Crippen LogP) is 3.90. The lowest BCUT2D eigenvalue weighted by molar-refractivity contribution is 0.305. The third-order valence-electron chi connectivity index (χ3n) is 3.28. The second-order valence-electron chi connectivity index (χ2n) is 5.54. The van der Waals surface area contributed by atoms with Gasteiger partial charge in [-0.3, -0.25) is 0 Å². The molecule has 0 saturated heterocycles. The normalized spacial score (nSPS) is 10.0. The van der Waals surface area contributed by atoms with Crippen LogP contribution in [-0.4, -0.2) is 32.1 Å². The number of ether oxygens (including phenoxy) is 1. The van der Waals surface area contributed by atoms with E-state index in [4.69, 9.17) is 4.74 Å². The number of likely N-dealkylation sites (N-methyl/N-ethyl adjacent to an activating group) is 1. The van der Waals surface area contributed by atoms with E-state index in [9.17, 15) is 4.39 Å². The fraction of sp³-hybridized carbons (Fsp3) is 0.333.